The number of H-pyrrole nitrogens is 1. The SMILES string of the molecule is CC(N)=N/N=C(\C)c1ccc(NC(=O)c2nc3ccccc3[nH]2)cc1. The molecule has 0 aliphatic heterocycles. The number of hydrogen-bond acceptors (Lipinski definition) is 4. The molecule has 7 heteroatoms. The molecule has 2 aromatic carbocycles. The van der Waals surface area contributed by atoms with Gasteiger partial charge in [-0.2, -0.15) is 5.10 Å². The maximum absolute atomic E-state index is 12.3. The van der Waals surface area contributed by atoms with E-state index in [1.165, 1.54) is 0 Å². The lowest BCUT2D eigenvalue weighted by molar-refractivity contribution is 0.101. The van der Waals surface area contributed by atoms with Crippen molar-refractivity contribution < 1.29 is 4.79 Å². The van der Waals surface area contributed by atoms with Gasteiger partial charge >= 0.3 is 0 Å². The van der Waals surface area contributed by atoms with Crippen LogP contribution < -0.4 is 11.1 Å². The van der Waals surface area contributed by atoms with Crippen LogP contribution in [-0.4, -0.2) is 27.4 Å². The van der Waals surface area contributed by atoms with Crippen LogP contribution in [0, 0.1) is 0 Å². The second kappa shape index (κ2) is 6.96. The third-order valence-corrected chi connectivity index (χ3v) is 3.52. The van der Waals surface area contributed by atoms with Crippen molar-refractivity contribution >= 4 is 34.2 Å². The Kier molecular flexibility index (Phi) is 4.56. The fourth-order valence-corrected chi connectivity index (χ4v) is 2.26. The molecule has 4 N–H and O–H groups in total. The number of carbonyl (C=O) groups excluding carboxylic acids is 1. The molecule has 25 heavy (non-hydrogen) atoms. The zero-order valence-corrected chi connectivity index (χ0v) is 13.9. The van der Waals surface area contributed by atoms with E-state index in [-0.39, 0.29) is 11.7 Å². The number of imidazole rings is 1. The molecule has 126 valence electrons. The molecule has 0 atom stereocenters. The van der Waals surface area contributed by atoms with E-state index in [4.69, 9.17) is 5.73 Å². The van der Waals surface area contributed by atoms with Crippen LogP contribution in [0.25, 0.3) is 11.0 Å². The minimum atomic E-state index is -0.294. The van der Waals surface area contributed by atoms with E-state index in [9.17, 15) is 4.79 Å². The Hall–Kier alpha value is -3.48. The molecule has 1 aromatic heterocycles. The van der Waals surface area contributed by atoms with E-state index >= 15 is 0 Å². The van der Waals surface area contributed by atoms with Crippen LogP contribution in [0.3, 0.4) is 0 Å². The molecule has 1 heterocycles. The van der Waals surface area contributed by atoms with Gasteiger partial charge in [-0.15, -0.1) is 5.10 Å². The van der Waals surface area contributed by atoms with Crippen molar-refractivity contribution in [2.75, 3.05) is 5.32 Å². The van der Waals surface area contributed by atoms with E-state index in [1.54, 1.807) is 19.1 Å². The fraction of sp³-hybridized carbons (Fsp3) is 0.111. The molecule has 0 radical (unpaired) electrons. The summed E-state index contributed by atoms with van der Waals surface area (Å²) < 4.78 is 0. The van der Waals surface area contributed by atoms with Crippen LogP contribution in [0.5, 0.6) is 0 Å². The predicted molar refractivity (Wildman–Crippen MR) is 100.0 cm³/mol. The molecular weight excluding hydrogens is 316 g/mol. The fourth-order valence-electron chi connectivity index (χ4n) is 2.26. The quantitative estimate of drug-likeness (QED) is 0.388. The number of carbonyl (C=O) groups is 1. The number of benzene rings is 2. The minimum Gasteiger partial charge on any atom is -0.386 e. The Balaban J connectivity index is 1.73. The van der Waals surface area contributed by atoms with Gasteiger partial charge in [0.15, 0.2) is 5.82 Å². The van der Waals surface area contributed by atoms with Crippen molar-refractivity contribution in [2.45, 2.75) is 13.8 Å². The summed E-state index contributed by atoms with van der Waals surface area (Å²) in [4.78, 5) is 19.6. The van der Waals surface area contributed by atoms with E-state index in [1.807, 2.05) is 43.3 Å². The second-order valence-electron chi connectivity index (χ2n) is 5.56. The molecule has 3 rings (SSSR count). The number of nitrogens with one attached hydrogen (secondary N) is 2. The zero-order chi connectivity index (χ0) is 17.8. The number of amidine groups is 1. The summed E-state index contributed by atoms with van der Waals surface area (Å²) in [5.74, 6) is 0.377. The van der Waals surface area contributed by atoms with Crippen molar-refractivity contribution in [3.05, 3.63) is 59.9 Å². The van der Waals surface area contributed by atoms with Gasteiger partial charge in [0, 0.05) is 5.69 Å². The summed E-state index contributed by atoms with van der Waals surface area (Å²) in [5, 5.41) is 10.7. The maximum atomic E-state index is 12.3. The van der Waals surface area contributed by atoms with Gasteiger partial charge in [-0.25, -0.2) is 4.98 Å². The van der Waals surface area contributed by atoms with Gasteiger partial charge < -0.3 is 16.0 Å². The molecule has 0 fully saturated rings. The van der Waals surface area contributed by atoms with Crippen LogP contribution in [0.2, 0.25) is 0 Å². The number of aromatic nitrogens is 2. The first-order valence-corrected chi connectivity index (χ1v) is 7.74. The molecule has 0 bridgehead atoms. The van der Waals surface area contributed by atoms with E-state index in [0.717, 1.165) is 22.3 Å². The maximum Gasteiger partial charge on any atom is 0.291 e. The minimum absolute atomic E-state index is 0.274. The van der Waals surface area contributed by atoms with E-state index < -0.39 is 0 Å². The van der Waals surface area contributed by atoms with Crippen molar-refractivity contribution in [1.82, 2.24) is 9.97 Å². The molecule has 0 aliphatic carbocycles. The van der Waals surface area contributed by atoms with Crippen molar-refractivity contribution in [3.63, 3.8) is 0 Å². The van der Waals surface area contributed by atoms with E-state index in [2.05, 4.69) is 25.5 Å². The molecule has 0 saturated carbocycles. The summed E-state index contributed by atoms with van der Waals surface area (Å²) in [5.41, 5.74) is 9.35. The second-order valence-corrected chi connectivity index (χ2v) is 5.56. The number of fused-ring (bicyclic) bond motifs is 1. The monoisotopic (exact) mass is 334 g/mol. The highest BCUT2D eigenvalue weighted by Crippen LogP contribution is 2.14. The molecule has 0 saturated heterocycles. The Morgan fingerprint density at radius 2 is 1.80 bits per heavy atom. The number of anilines is 1. The van der Waals surface area contributed by atoms with Crippen molar-refractivity contribution in [1.29, 1.82) is 0 Å². The lowest BCUT2D eigenvalue weighted by atomic mass is 10.1. The van der Waals surface area contributed by atoms with Crippen molar-refractivity contribution in [2.24, 2.45) is 15.9 Å². The summed E-state index contributed by atoms with van der Waals surface area (Å²) in [6.45, 7) is 3.52. The third-order valence-electron chi connectivity index (χ3n) is 3.52. The zero-order valence-electron chi connectivity index (χ0n) is 13.9. The number of nitrogens with two attached hydrogens (primary N) is 1. The van der Waals surface area contributed by atoms with Crippen molar-refractivity contribution in [3.8, 4) is 0 Å². The average Bonchev–Trinajstić information content (AvgIpc) is 3.04. The molecular formula is C18H18N6O. The topological polar surface area (TPSA) is 109 Å². The Morgan fingerprint density at radius 1 is 1.08 bits per heavy atom. The van der Waals surface area contributed by atoms with Crippen LogP contribution in [0.1, 0.15) is 30.0 Å². The van der Waals surface area contributed by atoms with E-state index in [0.29, 0.717) is 11.5 Å². The molecule has 7 nitrogen and oxygen atoms in total. The van der Waals surface area contributed by atoms with Crippen LogP contribution in [0.15, 0.2) is 58.7 Å². The Labute approximate surface area is 144 Å². The molecule has 0 spiro atoms. The molecule has 1 amide bonds. The van der Waals surface area contributed by atoms with Gasteiger partial charge in [0.2, 0.25) is 0 Å². The first-order valence-electron chi connectivity index (χ1n) is 7.74. The van der Waals surface area contributed by atoms with Crippen LogP contribution in [-0.2, 0) is 0 Å². The molecule has 0 unspecified atom stereocenters. The van der Waals surface area contributed by atoms with Gasteiger partial charge in [-0.3, -0.25) is 4.79 Å². The van der Waals surface area contributed by atoms with Gasteiger partial charge in [0.1, 0.15) is 5.84 Å². The number of nitrogens with zero attached hydrogens (tertiary/aromatic N) is 3. The molecule has 0 aliphatic rings. The number of aromatic amines is 1. The van der Waals surface area contributed by atoms with Gasteiger partial charge in [0.25, 0.3) is 5.91 Å². The lowest BCUT2D eigenvalue weighted by Gasteiger charge is -2.04. The number of amides is 1. The van der Waals surface area contributed by atoms with Gasteiger partial charge in [-0.1, -0.05) is 24.3 Å². The first kappa shape index (κ1) is 16.4. The Bertz CT molecular complexity index is 932. The lowest BCUT2D eigenvalue weighted by Crippen LogP contribution is -2.13. The normalized spacial score (nSPS) is 12.4. The summed E-state index contributed by atoms with van der Waals surface area (Å²) in [7, 11) is 0. The highest BCUT2D eigenvalue weighted by Gasteiger charge is 2.11. The summed E-state index contributed by atoms with van der Waals surface area (Å²) in [6, 6.07) is 14.8. The smallest absolute Gasteiger partial charge is 0.291 e. The number of hydrogen-bond donors (Lipinski definition) is 3. The highest BCUT2D eigenvalue weighted by molar-refractivity contribution is 6.04. The Morgan fingerprint density at radius 3 is 2.48 bits per heavy atom. The van der Waals surface area contributed by atoms with Gasteiger partial charge in [-0.05, 0) is 43.7 Å². The highest BCUT2D eigenvalue weighted by atomic mass is 16.2. The first-order chi connectivity index (χ1) is 12.0. The summed E-state index contributed by atoms with van der Waals surface area (Å²) in [6.07, 6.45) is 0. The number of para-hydroxylation sites is 2. The van der Waals surface area contributed by atoms with Crippen LogP contribution in [0.4, 0.5) is 5.69 Å². The standard InChI is InChI=1S/C18H18N6O/c1-11(23-24-12(2)19)13-7-9-14(10-8-13)20-18(25)17-21-15-5-3-4-6-16(15)22-17/h3-10H,1-2H3,(H2,19,24)(H,20,25)(H,21,22)/b23-11+. The molecule has 3 aromatic rings. The average molecular weight is 334 g/mol. The van der Waals surface area contributed by atoms with Crippen LogP contribution >= 0.6 is 0 Å². The number of rotatable bonds is 4. The third kappa shape index (κ3) is 3.89. The largest absolute Gasteiger partial charge is 0.386 e. The van der Waals surface area contributed by atoms with Gasteiger partial charge in [0.05, 0.1) is 16.7 Å². The summed E-state index contributed by atoms with van der Waals surface area (Å²) >= 11 is 0. The predicted octanol–water partition coefficient (Wildman–Crippen LogP) is 2.92.